The highest BCUT2D eigenvalue weighted by Gasteiger charge is 2.40. The number of nitrogens with zero attached hydrogens (tertiary/aromatic N) is 1. The van der Waals surface area contributed by atoms with Gasteiger partial charge in [-0.15, -0.1) is 0 Å². The molecule has 1 N–H and O–H groups in total. The predicted octanol–water partition coefficient (Wildman–Crippen LogP) is 2.90. The largest absolute Gasteiger partial charge is 0.481 e. The Morgan fingerprint density at radius 2 is 2.00 bits per heavy atom. The first kappa shape index (κ1) is 14.1. The molecule has 1 unspecified atom stereocenters. The maximum atomic E-state index is 11.8. The number of hydrogen-bond acceptors (Lipinski definition) is 2. The highest BCUT2D eigenvalue weighted by molar-refractivity contribution is 5.81. The van der Waals surface area contributed by atoms with Crippen molar-refractivity contribution in [2.75, 3.05) is 13.1 Å². The fourth-order valence-corrected chi connectivity index (χ4v) is 2.61. The smallest absolute Gasteiger partial charge is 0.315 e. The van der Waals surface area contributed by atoms with Gasteiger partial charge in [0, 0.05) is 12.6 Å². The molecule has 0 saturated heterocycles. The van der Waals surface area contributed by atoms with Crippen molar-refractivity contribution in [3.63, 3.8) is 0 Å². The van der Waals surface area contributed by atoms with Gasteiger partial charge in [-0.05, 0) is 38.3 Å². The predicted molar refractivity (Wildman–Crippen MR) is 76.3 cm³/mol. The summed E-state index contributed by atoms with van der Waals surface area (Å²) in [6, 6.07) is 10.2. The van der Waals surface area contributed by atoms with Crippen molar-refractivity contribution in [3.8, 4) is 0 Å². The van der Waals surface area contributed by atoms with Gasteiger partial charge in [0.1, 0.15) is 5.41 Å². The molecule has 19 heavy (non-hydrogen) atoms. The molecule has 0 aliphatic heterocycles. The number of benzene rings is 1. The molecule has 0 aromatic heterocycles. The van der Waals surface area contributed by atoms with Crippen molar-refractivity contribution >= 4 is 5.97 Å². The zero-order valence-electron chi connectivity index (χ0n) is 11.8. The van der Waals surface area contributed by atoms with Crippen LogP contribution in [-0.2, 0) is 10.2 Å². The summed E-state index contributed by atoms with van der Waals surface area (Å²) in [6.45, 7) is 5.58. The Kier molecular flexibility index (Phi) is 4.25. The maximum Gasteiger partial charge on any atom is 0.315 e. The van der Waals surface area contributed by atoms with Crippen LogP contribution in [0, 0.1) is 0 Å². The molecule has 1 aromatic carbocycles. The van der Waals surface area contributed by atoms with E-state index in [1.807, 2.05) is 37.3 Å². The summed E-state index contributed by atoms with van der Waals surface area (Å²) in [5, 5.41) is 9.68. The second kappa shape index (κ2) is 5.74. The molecule has 0 heterocycles. The Labute approximate surface area is 115 Å². The number of carbonyl (C=O) groups is 1. The molecule has 1 atom stereocenters. The van der Waals surface area contributed by atoms with Crippen LogP contribution in [-0.4, -0.2) is 35.1 Å². The molecular formula is C16H23NO2. The highest BCUT2D eigenvalue weighted by Crippen LogP contribution is 2.32. The summed E-state index contributed by atoms with van der Waals surface area (Å²) in [6.07, 6.45) is 3.50. The molecule has 0 amide bonds. The van der Waals surface area contributed by atoms with Crippen LogP contribution in [0.25, 0.3) is 0 Å². The van der Waals surface area contributed by atoms with Gasteiger partial charge in [-0.3, -0.25) is 9.69 Å². The monoisotopic (exact) mass is 261 g/mol. The summed E-state index contributed by atoms with van der Waals surface area (Å²) < 4.78 is 0. The molecule has 3 nitrogen and oxygen atoms in total. The minimum atomic E-state index is -0.820. The van der Waals surface area contributed by atoms with Gasteiger partial charge in [-0.1, -0.05) is 37.3 Å². The lowest BCUT2D eigenvalue weighted by molar-refractivity contribution is -0.144. The van der Waals surface area contributed by atoms with Crippen LogP contribution in [0.15, 0.2) is 30.3 Å². The van der Waals surface area contributed by atoms with Gasteiger partial charge in [0.15, 0.2) is 0 Å². The molecule has 1 saturated carbocycles. The Balaban J connectivity index is 2.21. The second-order valence-electron chi connectivity index (χ2n) is 5.70. The molecule has 0 bridgehead atoms. The molecule has 1 aromatic rings. The SMILES string of the molecule is CCCN(CC(C)(C(=O)O)c1ccccc1)C1CC1. The van der Waals surface area contributed by atoms with Crippen LogP contribution in [0.5, 0.6) is 0 Å². The van der Waals surface area contributed by atoms with E-state index in [1.165, 1.54) is 12.8 Å². The van der Waals surface area contributed by atoms with E-state index in [0.29, 0.717) is 12.6 Å². The first-order valence-electron chi connectivity index (χ1n) is 7.11. The van der Waals surface area contributed by atoms with Gasteiger partial charge in [0.25, 0.3) is 0 Å². The average Bonchev–Trinajstić information content (AvgIpc) is 3.23. The normalized spacial score (nSPS) is 18.3. The topological polar surface area (TPSA) is 40.5 Å². The molecule has 2 rings (SSSR count). The molecular weight excluding hydrogens is 238 g/mol. The van der Waals surface area contributed by atoms with Crippen molar-refractivity contribution in [2.24, 2.45) is 0 Å². The van der Waals surface area contributed by atoms with E-state index in [0.717, 1.165) is 18.5 Å². The molecule has 1 aliphatic carbocycles. The minimum absolute atomic E-state index is 0.599. The number of carboxylic acids is 1. The van der Waals surface area contributed by atoms with Crippen LogP contribution in [0.4, 0.5) is 0 Å². The highest BCUT2D eigenvalue weighted by atomic mass is 16.4. The molecule has 3 heteroatoms. The summed E-state index contributed by atoms with van der Waals surface area (Å²) >= 11 is 0. The van der Waals surface area contributed by atoms with E-state index in [9.17, 15) is 9.90 Å². The first-order chi connectivity index (χ1) is 9.08. The molecule has 0 spiro atoms. The Morgan fingerprint density at radius 3 is 2.47 bits per heavy atom. The first-order valence-corrected chi connectivity index (χ1v) is 7.11. The second-order valence-corrected chi connectivity index (χ2v) is 5.70. The van der Waals surface area contributed by atoms with E-state index in [-0.39, 0.29) is 0 Å². The number of aliphatic carboxylic acids is 1. The van der Waals surface area contributed by atoms with E-state index < -0.39 is 11.4 Å². The Morgan fingerprint density at radius 1 is 1.37 bits per heavy atom. The van der Waals surface area contributed by atoms with Crippen LogP contribution < -0.4 is 0 Å². The lowest BCUT2D eigenvalue weighted by Gasteiger charge is -2.32. The third-order valence-corrected chi connectivity index (χ3v) is 3.98. The Hall–Kier alpha value is -1.35. The maximum absolute atomic E-state index is 11.8. The molecule has 104 valence electrons. The van der Waals surface area contributed by atoms with Crippen molar-refractivity contribution in [3.05, 3.63) is 35.9 Å². The standard InChI is InChI=1S/C16H23NO2/c1-3-11-17(14-9-10-14)12-16(2,15(18)19)13-7-5-4-6-8-13/h4-8,14H,3,9-12H2,1-2H3,(H,18,19). The third kappa shape index (κ3) is 3.16. The lowest BCUT2D eigenvalue weighted by atomic mass is 9.82. The van der Waals surface area contributed by atoms with Crippen molar-refractivity contribution in [1.82, 2.24) is 4.90 Å². The van der Waals surface area contributed by atoms with Crippen LogP contribution >= 0.6 is 0 Å². The van der Waals surface area contributed by atoms with Gasteiger partial charge in [-0.25, -0.2) is 0 Å². The van der Waals surface area contributed by atoms with Crippen molar-refractivity contribution < 1.29 is 9.90 Å². The lowest BCUT2D eigenvalue weighted by Crippen LogP contribution is -2.45. The van der Waals surface area contributed by atoms with Gasteiger partial charge >= 0.3 is 5.97 Å². The van der Waals surface area contributed by atoms with Crippen molar-refractivity contribution in [2.45, 2.75) is 44.6 Å². The summed E-state index contributed by atoms with van der Waals surface area (Å²) in [4.78, 5) is 14.1. The number of carboxylic acid groups (broad SMARTS) is 1. The van der Waals surface area contributed by atoms with Gasteiger partial charge in [0.05, 0.1) is 0 Å². The van der Waals surface area contributed by atoms with E-state index >= 15 is 0 Å². The van der Waals surface area contributed by atoms with Crippen molar-refractivity contribution in [1.29, 1.82) is 0 Å². The summed E-state index contributed by atoms with van der Waals surface area (Å²) in [5.41, 5.74) is 0.0724. The van der Waals surface area contributed by atoms with Crippen LogP contribution in [0.2, 0.25) is 0 Å². The Bertz CT molecular complexity index is 428. The number of rotatable bonds is 7. The summed E-state index contributed by atoms with van der Waals surface area (Å²) in [7, 11) is 0. The quantitative estimate of drug-likeness (QED) is 0.820. The fourth-order valence-electron chi connectivity index (χ4n) is 2.61. The molecule has 0 radical (unpaired) electrons. The van der Waals surface area contributed by atoms with Crippen LogP contribution in [0.1, 0.15) is 38.7 Å². The van der Waals surface area contributed by atoms with E-state index in [4.69, 9.17) is 0 Å². The molecule has 1 fully saturated rings. The van der Waals surface area contributed by atoms with Gasteiger partial charge in [0.2, 0.25) is 0 Å². The third-order valence-electron chi connectivity index (χ3n) is 3.98. The van der Waals surface area contributed by atoms with Gasteiger partial charge in [-0.2, -0.15) is 0 Å². The summed E-state index contributed by atoms with van der Waals surface area (Å²) in [5.74, 6) is -0.736. The number of hydrogen-bond donors (Lipinski definition) is 1. The minimum Gasteiger partial charge on any atom is -0.481 e. The zero-order chi connectivity index (χ0) is 13.9. The van der Waals surface area contributed by atoms with Crippen LogP contribution in [0.3, 0.4) is 0 Å². The average molecular weight is 261 g/mol. The fraction of sp³-hybridized carbons (Fsp3) is 0.562. The zero-order valence-corrected chi connectivity index (χ0v) is 11.8. The van der Waals surface area contributed by atoms with E-state index in [1.54, 1.807) is 0 Å². The van der Waals surface area contributed by atoms with E-state index in [2.05, 4.69) is 11.8 Å². The van der Waals surface area contributed by atoms with Gasteiger partial charge < -0.3 is 5.11 Å². The molecule has 1 aliphatic rings.